The van der Waals surface area contributed by atoms with Gasteiger partial charge in [-0.25, -0.2) is 15.0 Å². The zero-order valence-electron chi connectivity index (χ0n) is 9.01. The Kier molecular flexibility index (Phi) is 2.53. The molecule has 0 spiro atoms. The molecule has 0 fully saturated rings. The van der Waals surface area contributed by atoms with E-state index >= 15 is 0 Å². The van der Waals surface area contributed by atoms with Crippen LogP contribution < -0.4 is 5.73 Å². The smallest absolute Gasteiger partial charge is 0.184 e. The van der Waals surface area contributed by atoms with Crippen LogP contribution in [-0.4, -0.2) is 19.5 Å². The summed E-state index contributed by atoms with van der Waals surface area (Å²) in [5.74, 6) is 1.92. The van der Waals surface area contributed by atoms with Crippen molar-refractivity contribution in [1.82, 2.24) is 19.5 Å². The molecule has 0 radical (unpaired) electrons. The fourth-order valence-corrected chi connectivity index (χ4v) is 1.43. The molecule has 0 aromatic heterocycles. The highest BCUT2D eigenvalue weighted by molar-refractivity contribution is 5.64. The summed E-state index contributed by atoms with van der Waals surface area (Å²) in [6.07, 6.45) is 4.30. The first-order valence-electron chi connectivity index (χ1n) is 5.10. The third-order valence-corrected chi connectivity index (χ3v) is 2.40. The number of nitrogen functional groups attached to an aromatic ring is 1. The molecule has 0 atom stereocenters. The molecular formula is C10H15N5. The summed E-state index contributed by atoms with van der Waals surface area (Å²) >= 11 is 0. The second-order valence-corrected chi connectivity index (χ2v) is 4.05. The number of hydrogen-bond acceptors (Lipinski definition) is 4. The van der Waals surface area contributed by atoms with Crippen molar-refractivity contribution in [3.05, 3.63) is 12.7 Å². The van der Waals surface area contributed by atoms with Gasteiger partial charge in [0.25, 0.3) is 0 Å². The third-order valence-electron chi connectivity index (χ3n) is 2.40. The topological polar surface area (TPSA) is 69.6 Å². The molecular weight excluding hydrogens is 190 g/mol. The van der Waals surface area contributed by atoms with Crippen LogP contribution in [0.4, 0.5) is 5.82 Å². The van der Waals surface area contributed by atoms with Crippen molar-refractivity contribution < 1.29 is 0 Å². The van der Waals surface area contributed by atoms with Gasteiger partial charge in [-0.3, -0.25) is 0 Å². The molecule has 0 bridgehead atoms. The van der Waals surface area contributed by atoms with Crippen LogP contribution in [-0.2, 0) is 6.54 Å². The molecule has 0 aliphatic carbocycles. The van der Waals surface area contributed by atoms with Gasteiger partial charge in [-0.1, -0.05) is 13.8 Å². The van der Waals surface area contributed by atoms with E-state index in [0.717, 1.165) is 13.0 Å². The molecule has 0 saturated carbocycles. The van der Waals surface area contributed by atoms with E-state index < -0.39 is 0 Å². The highest BCUT2D eigenvalue weighted by Crippen LogP contribution is 2.21. The average molecular weight is 205 g/mol. The summed E-state index contributed by atoms with van der Waals surface area (Å²) in [7, 11) is 0. The molecule has 0 aromatic rings. The van der Waals surface area contributed by atoms with Crippen LogP contribution >= 0.6 is 0 Å². The van der Waals surface area contributed by atoms with Crippen molar-refractivity contribution in [3.8, 4) is 11.5 Å². The molecule has 0 saturated heterocycles. The molecule has 5 heteroatoms. The summed E-state index contributed by atoms with van der Waals surface area (Å²) in [5, 5.41) is 0. The lowest BCUT2D eigenvalue weighted by atomic mass is 10.1. The highest BCUT2D eigenvalue weighted by Gasteiger charge is 2.13. The Hall–Kier alpha value is -1.65. The van der Waals surface area contributed by atoms with Gasteiger partial charge in [0.15, 0.2) is 5.82 Å². The summed E-state index contributed by atoms with van der Waals surface area (Å²) in [4.78, 5) is 12.3. The van der Waals surface area contributed by atoms with Crippen molar-refractivity contribution in [2.24, 2.45) is 5.92 Å². The number of anilines is 1. The first-order valence-corrected chi connectivity index (χ1v) is 5.10. The fraction of sp³-hybridized carbons (Fsp3) is 0.500. The Labute approximate surface area is 88.7 Å². The summed E-state index contributed by atoms with van der Waals surface area (Å²) in [6.45, 7) is 5.25. The maximum Gasteiger partial charge on any atom is 0.184 e. The molecule has 2 heterocycles. The van der Waals surface area contributed by atoms with Crippen LogP contribution in [0, 0.1) is 5.92 Å². The Balaban J connectivity index is 2.28. The van der Waals surface area contributed by atoms with Gasteiger partial charge in [0.2, 0.25) is 0 Å². The van der Waals surface area contributed by atoms with E-state index in [2.05, 4.69) is 28.8 Å². The molecule has 2 aliphatic heterocycles. The second kappa shape index (κ2) is 3.84. The van der Waals surface area contributed by atoms with Gasteiger partial charge in [-0.2, -0.15) is 0 Å². The number of hydrogen-bond donors (Lipinski definition) is 1. The molecule has 15 heavy (non-hydrogen) atoms. The maximum atomic E-state index is 5.97. The van der Waals surface area contributed by atoms with E-state index in [-0.39, 0.29) is 0 Å². The van der Waals surface area contributed by atoms with Gasteiger partial charge in [-0.15, -0.1) is 0 Å². The largest absolute Gasteiger partial charge is 0.383 e. The zero-order valence-corrected chi connectivity index (χ0v) is 9.01. The zero-order chi connectivity index (χ0) is 10.8. The van der Waals surface area contributed by atoms with Crippen molar-refractivity contribution >= 4 is 5.82 Å². The monoisotopic (exact) mass is 205 g/mol. The summed E-state index contributed by atoms with van der Waals surface area (Å²) in [6, 6.07) is 0. The van der Waals surface area contributed by atoms with Gasteiger partial charge in [-0.05, 0) is 12.3 Å². The first-order chi connectivity index (χ1) is 7.18. The van der Waals surface area contributed by atoms with E-state index in [0.29, 0.717) is 23.3 Å². The van der Waals surface area contributed by atoms with Gasteiger partial charge in [0.1, 0.15) is 17.8 Å². The van der Waals surface area contributed by atoms with Crippen LogP contribution in [0.25, 0.3) is 11.5 Å². The Morgan fingerprint density at radius 3 is 2.87 bits per heavy atom. The SMILES string of the molecule is CC(C)CCn1cnc2ncnc-2c1N. The lowest BCUT2D eigenvalue weighted by molar-refractivity contribution is 0.515. The molecule has 2 N–H and O–H groups in total. The van der Waals surface area contributed by atoms with Crippen LogP contribution in [0.5, 0.6) is 0 Å². The van der Waals surface area contributed by atoms with E-state index in [9.17, 15) is 0 Å². The van der Waals surface area contributed by atoms with Gasteiger partial charge in [0, 0.05) is 6.54 Å². The second-order valence-electron chi connectivity index (χ2n) is 4.05. The normalized spacial score (nSPS) is 11.4. The molecule has 2 aliphatic rings. The number of nitrogens with zero attached hydrogens (tertiary/aromatic N) is 4. The van der Waals surface area contributed by atoms with Crippen molar-refractivity contribution in [3.63, 3.8) is 0 Å². The lowest BCUT2D eigenvalue weighted by Gasteiger charge is -2.12. The van der Waals surface area contributed by atoms with E-state index in [1.165, 1.54) is 6.33 Å². The highest BCUT2D eigenvalue weighted by atomic mass is 15.1. The number of nitrogens with two attached hydrogens (primary N) is 1. The third kappa shape index (κ3) is 1.91. The van der Waals surface area contributed by atoms with Crippen molar-refractivity contribution in [2.45, 2.75) is 26.8 Å². The minimum absolute atomic E-state index is 0.619. The number of aryl methyl sites for hydroxylation is 1. The minimum Gasteiger partial charge on any atom is -0.383 e. The fourth-order valence-electron chi connectivity index (χ4n) is 1.43. The molecule has 2 rings (SSSR count). The minimum atomic E-state index is 0.619. The predicted octanol–water partition coefficient (Wildman–Crippen LogP) is 1.41. The van der Waals surface area contributed by atoms with Gasteiger partial charge in [0.05, 0.1) is 6.33 Å². The van der Waals surface area contributed by atoms with Gasteiger partial charge < -0.3 is 10.3 Å². The molecule has 0 unspecified atom stereocenters. The predicted molar refractivity (Wildman–Crippen MR) is 58.3 cm³/mol. The maximum absolute atomic E-state index is 5.97. The summed E-state index contributed by atoms with van der Waals surface area (Å²) < 4.78 is 1.93. The molecule has 5 nitrogen and oxygen atoms in total. The molecule has 0 amide bonds. The van der Waals surface area contributed by atoms with Crippen molar-refractivity contribution in [1.29, 1.82) is 0 Å². The van der Waals surface area contributed by atoms with Crippen LogP contribution in [0.1, 0.15) is 20.3 Å². The number of aromatic nitrogens is 4. The first kappa shape index (κ1) is 9.89. The Morgan fingerprint density at radius 2 is 2.13 bits per heavy atom. The Morgan fingerprint density at radius 1 is 1.33 bits per heavy atom. The van der Waals surface area contributed by atoms with Gasteiger partial charge >= 0.3 is 0 Å². The summed E-state index contributed by atoms with van der Waals surface area (Å²) in [5.41, 5.74) is 6.67. The van der Waals surface area contributed by atoms with Crippen LogP contribution in [0.3, 0.4) is 0 Å². The van der Waals surface area contributed by atoms with Crippen molar-refractivity contribution in [2.75, 3.05) is 5.73 Å². The standard InChI is InChI=1S/C10H15N5/c1-7(2)3-4-15-6-14-10-8(9(15)11)12-5-13-10/h5-7H,3-4,11H2,1-2H3. The lowest BCUT2D eigenvalue weighted by Crippen LogP contribution is -2.11. The number of rotatable bonds is 3. The molecule has 80 valence electrons. The van der Waals surface area contributed by atoms with Crippen LogP contribution in [0.2, 0.25) is 0 Å². The quantitative estimate of drug-likeness (QED) is 0.822. The Bertz CT molecular complexity index is 420. The van der Waals surface area contributed by atoms with Crippen LogP contribution in [0.15, 0.2) is 12.7 Å². The molecule has 0 aromatic carbocycles. The number of imidazole rings is 1. The van der Waals surface area contributed by atoms with E-state index in [4.69, 9.17) is 5.73 Å². The number of fused-ring (bicyclic) bond motifs is 1. The average Bonchev–Trinajstić information content (AvgIpc) is 2.65. The van der Waals surface area contributed by atoms with E-state index in [1.54, 1.807) is 6.33 Å². The van der Waals surface area contributed by atoms with E-state index in [1.807, 2.05) is 4.57 Å².